The molecule has 2 nitrogen and oxygen atoms in total. The van der Waals surface area contributed by atoms with Crippen LogP contribution in [0, 0.1) is 17.6 Å². The molecular weight excluding hydrogens is 465 g/mol. The molecule has 0 saturated heterocycles. The molecule has 0 amide bonds. The van der Waals surface area contributed by atoms with E-state index in [1.54, 1.807) is 12.1 Å². The Hall–Kier alpha value is -2.45. The highest BCUT2D eigenvalue weighted by molar-refractivity contribution is 5.35. The van der Waals surface area contributed by atoms with Crippen molar-refractivity contribution in [1.82, 2.24) is 0 Å². The molecule has 2 aromatic carbocycles. The summed E-state index contributed by atoms with van der Waals surface area (Å²) in [5.41, 5.74) is -0.268. The van der Waals surface area contributed by atoms with Gasteiger partial charge in [0.05, 0.1) is 5.56 Å². The van der Waals surface area contributed by atoms with Crippen LogP contribution in [0.2, 0.25) is 0 Å². The number of benzene rings is 2. The third-order valence-corrected chi connectivity index (χ3v) is 6.21. The van der Waals surface area contributed by atoms with Gasteiger partial charge in [0.25, 0.3) is 0 Å². The van der Waals surface area contributed by atoms with Crippen molar-refractivity contribution in [2.24, 2.45) is 5.92 Å². The molecule has 0 unspecified atom stereocenters. The van der Waals surface area contributed by atoms with Crippen LogP contribution in [0.4, 0.5) is 30.7 Å². The van der Waals surface area contributed by atoms with Gasteiger partial charge in [0, 0.05) is 0 Å². The van der Waals surface area contributed by atoms with Crippen LogP contribution in [0.1, 0.15) is 75.3 Å². The standard InChI is InChI=1S/C25H27F7O2/c1-2-3-4-5-16-6-8-17(9-7-16)18-10-12-20(13-11-18)33-24(28,29)19-14-21(26)23(22(27)15-19)34-25(30,31)32/h10-17H,2-9H2,1H3. The number of unbranched alkanes of at least 4 members (excludes halogenated alkanes) is 2. The lowest BCUT2D eigenvalue weighted by Crippen LogP contribution is -2.24. The minimum absolute atomic E-state index is 0.0531. The Bertz CT molecular complexity index is 910. The largest absolute Gasteiger partial charge is 0.573 e. The smallest absolute Gasteiger partial charge is 0.429 e. The number of rotatable bonds is 9. The van der Waals surface area contributed by atoms with E-state index in [-0.39, 0.29) is 17.9 Å². The maximum absolute atomic E-state index is 14.5. The second kappa shape index (κ2) is 10.9. The molecule has 0 atom stereocenters. The number of hydrogen-bond acceptors (Lipinski definition) is 2. The lowest BCUT2D eigenvalue weighted by atomic mass is 9.77. The Morgan fingerprint density at radius 3 is 1.94 bits per heavy atom. The number of ether oxygens (including phenoxy) is 2. The molecule has 9 heteroatoms. The van der Waals surface area contributed by atoms with Crippen molar-refractivity contribution in [2.45, 2.75) is 76.7 Å². The van der Waals surface area contributed by atoms with E-state index in [9.17, 15) is 30.7 Å². The predicted molar refractivity (Wildman–Crippen MR) is 113 cm³/mol. The average Bonchev–Trinajstić information content (AvgIpc) is 2.76. The van der Waals surface area contributed by atoms with Gasteiger partial charge in [-0.25, -0.2) is 8.78 Å². The summed E-state index contributed by atoms with van der Waals surface area (Å²) in [6.07, 6.45) is -0.303. The normalized spacial score (nSPS) is 19.2. The second-order valence-corrected chi connectivity index (χ2v) is 8.72. The van der Waals surface area contributed by atoms with Gasteiger partial charge in [-0.15, -0.1) is 13.2 Å². The summed E-state index contributed by atoms with van der Waals surface area (Å²) in [6, 6.07) is 6.19. The third-order valence-electron chi connectivity index (χ3n) is 6.21. The fourth-order valence-electron chi connectivity index (χ4n) is 4.42. The molecule has 1 fully saturated rings. The summed E-state index contributed by atoms with van der Waals surface area (Å²) in [7, 11) is 0. The molecule has 3 rings (SSSR count). The van der Waals surface area contributed by atoms with Crippen molar-refractivity contribution >= 4 is 0 Å². The molecule has 0 aromatic heterocycles. The van der Waals surface area contributed by atoms with E-state index < -0.39 is 35.4 Å². The van der Waals surface area contributed by atoms with E-state index in [2.05, 4.69) is 16.4 Å². The molecule has 0 N–H and O–H groups in total. The summed E-state index contributed by atoms with van der Waals surface area (Å²) in [5, 5.41) is 0. The van der Waals surface area contributed by atoms with Crippen LogP contribution >= 0.6 is 0 Å². The first kappa shape index (κ1) is 26.2. The Labute approximate surface area is 194 Å². The summed E-state index contributed by atoms with van der Waals surface area (Å²) in [6.45, 7) is 2.18. The van der Waals surface area contributed by atoms with Crippen molar-refractivity contribution in [3.05, 3.63) is 59.2 Å². The van der Waals surface area contributed by atoms with Crippen LogP contribution in [0.3, 0.4) is 0 Å². The van der Waals surface area contributed by atoms with Crippen LogP contribution in [-0.2, 0) is 6.11 Å². The first-order valence-corrected chi connectivity index (χ1v) is 11.4. The zero-order chi connectivity index (χ0) is 24.9. The summed E-state index contributed by atoms with van der Waals surface area (Å²) in [4.78, 5) is 0. The van der Waals surface area contributed by atoms with E-state index in [4.69, 9.17) is 0 Å². The van der Waals surface area contributed by atoms with Gasteiger partial charge in [-0.3, -0.25) is 0 Å². The molecule has 0 bridgehead atoms. The van der Waals surface area contributed by atoms with Gasteiger partial charge in [-0.05, 0) is 67.3 Å². The van der Waals surface area contributed by atoms with Gasteiger partial charge < -0.3 is 9.47 Å². The van der Waals surface area contributed by atoms with Crippen molar-refractivity contribution in [2.75, 3.05) is 0 Å². The monoisotopic (exact) mass is 492 g/mol. The van der Waals surface area contributed by atoms with Crippen molar-refractivity contribution < 1.29 is 40.2 Å². The van der Waals surface area contributed by atoms with Crippen molar-refractivity contribution in [3.63, 3.8) is 0 Å². The van der Waals surface area contributed by atoms with E-state index in [1.807, 2.05) is 0 Å². The maximum Gasteiger partial charge on any atom is 0.573 e. The summed E-state index contributed by atoms with van der Waals surface area (Å²) in [5.74, 6) is -4.82. The third kappa shape index (κ3) is 7.03. The zero-order valence-electron chi connectivity index (χ0n) is 18.7. The number of alkyl halides is 5. The van der Waals surface area contributed by atoms with Gasteiger partial charge >= 0.3 is 12.5 Å². The molecule has 1 aliphatic rings. The lowest BCUT2D eigenvalue weighted by Gasteiger charge is -2.29. The van der Waals surface area contributed by atoms with Gasteiger partial charge in [-0.2, -0.15) is 8.78 Å². The molecule has 34 heavy (non-hydrogen) atoms. The molecule has 0 heterocycles. The number of hydrogen-bond donors (Lipinski definition) is 0. The minimum atomic E-state index is -5.38. The van der Waals surface area contributed by atoms with Crippen molar-refractivity contribution in [1.29, 1.82) is 0 Å². The SMILES string of the molecule is CCCCCC1CCC(c2ccc(OC(F)(F)c3cc(F)c(OC(F)(F)F)c(F)c3)cc2)CC1. The Morgan fingerprint density at radius 1 is 0.824 bits per heavy atom. The van der Waals surface area contributed by atoms with Crippen LogP contribution in [-0.4, -0.2) is 6.36 Å². The topological polar surface area (TPSA) is 18.5 Å². The predicted octanol–water partition coefficient (Wildman–Crippen LogP) is 8.85. The zero-order valence-corrected chi connectivity index (χ0v) is 18.7. The molecular formula is C25H27F7O2. The fraction of sp³-hybridized carbons (Fsp3) is 0.520. The van der Waals surface area contributed by atoms with E-state index in [1.165, 1.54) is 37.8 Å². The minimum Gasteiger partial charge on any atom is -0.429 e. The first-order valence-electron chi connectivity index (χ1n) is 11.4. The molecule has 0 radical (unpaired) electrons. The molecule has 1 aliphatic carbocycles. The van der Waals surface area contributed by atoms with E-state index >= 15 is 0 Å². The van der Waals surface area contributed by atoms with Crippen molar-refractivity contribution in [3.8, 4) is 11.5 Å². The van der Waals surface area contributed by atoms with Crippen LogP contribution in [0.15, 0.2) is 36.4 Å². The van der Waals surface area contributed by atoms with Gasteiger partial charge in [-0.1, -0.05) is 44.7 Å². The first-order chi connectivity index (χ1) is 16.0. The highest BCUT2D eigenvalue weighted by Crippen LogP contribution is 2.40. The molecule has 188 valence electrons. The Kier molecular flexibility index (Phi) is 8.36. The van der Waals surface area contributed by atoms with Gasteiger partial charge in [0.2, 0.25) is 5.75 Å². The quantitative estimate of drug-likeness (QED) is 0.257. The Balaban J connectivity index is 1.62. The lowest BCUT2D eigenvalue weighted by molar-refractivity contribution is -0.276. The number of halogens is 7. The van der Waals surface area contributed by atoms with Gasteiger partial charge in [0.1, 0.15) is 5.75 Å². The van der Waals surface area contributed by atoms with Crippen LogP contribution < -0.4 is 9.47 Å². The Morgan fingerprint density at radius 2 is 1.41 bits per heavy atom. The molecule has 2 aromatic rings. The molecule has 1 saturated carbocycles. The summed E-state index contributed by atoms with van der Waals surface area (Å²) < 4.78 is 101. The highest BCUT2D eigenvalue weighted by Gasteiger charge is 2.39. The second-order valence-electron chi connectivity index (χ2n) is 8.72. The fourth-order valence-corrected chi connectivity index (χ4v) is 4.42. The van der Waals surface area contributed by atoms with Crippen LogP contribution in [0.5, 0.6) is 11.5 Å². The van der Waals surface area contributed by atoms with E-state index in [0.717, 1.165) is 37.2 Å². The highest BCUT2D eigenvalue weighted by atomic mass is 19.4. The average molecular weight is 492 g/mol. The summed E-state index contributed by atoms with van der Waals surface area (Å²) >= 11 is 0. The maximum atomic E-state index is 14.5. The van der Waals surface area contributed by atoms with E-state index in [0.29, 0.717) is 5.92 Å². The van der Waals surface area contributed by atoms with Crippen LogP contribution in [0.25, 0.3) is 0 Å². The molecule has 0 spiro atoms. The van der Waals surface area contributed by atoms with Gasteiger partial charge in [0.15, 0.2) is 11.6 Å². The molecule has 0 aliphatic heterocycles.